The molecule has 7 heteroatoms. The largest absolute Gasteiger partial charge is 0.354 e. The summed E-state index contributed by atoms with van der Waals surface area (Å²) in [5, 5.41) is 3.52. The van der Waals surface area contributed by atoms with Crippen LogP contribution in [0, 0.1) is 5.92 Å². The number of nitrogens with one attached hydrogen (secondary N) is 1. The van der Waals surface area contributed by atoms with Crippen LogP contribution in [0.15, 0.2) is 0 Å². The average molecular weight is 299 g/mol. The number of piperidine rings is 1. The molecule has 0 atom stereocenters. The Balaban J connectivity index is 1.88. The minimum atomic E-state index is 0.229. The molecule has 1 aliphatic heterocycles. The maximum absolute atomic E-state index is 5.92. The van der Waals surface area contributed by atoms with E-state index in [4.69, 9.17) is 11.6 Å². The van der Waals surface area contributed by atoms with E-state index >= 15 is 0 Å². The molecule has 0 unspecified atom stereocenters. The number of hydrogen-bond acceptors (Lipinski definition) is 6. The number of nitrogens with zero attached hydrogens (tertiary/aromatic N) is 5. The molecule has 0 aromatic carbocycles. The lowest BCUT2D eigenvalue weighted by Crippen LogP contribution is -2.35. The minimum absolute atomic E-state index is 0.229. The summed E-state index contributed by atoms with van der Waals surface area (Å²) in [5.74, 6) is 1.82. The third-order valence-electron chi connectivity index (χ3n) is 3.70. The van der Waals surface area contributed by atoms with Crippen LogP contribution in [0.2, 0.25) is 5.28 Å². The van der Waals surface area contributed by atoms with Gasteiger partial charge in [0.25, 0.3) is 0 Å². The first-order chi connectivity index (χ1) is 9.58. The van der Waals surface area contributed by atoms with Crippen LogP contribution in [0.5, 0.6) is 0 Å². The standard InChI is InChI=1S/C13H23ClN6/c1-4-20-7-5-10(6-8-20)9-15-12-16-11(14)17-13(18-12)19(2)3/h10H,4-9H2,1-3H3,(H,15,16,17,18). The van der Waals surface area contributed by atoms with Crippen LogP contribution in [0.1, 0.15) is 19.8 Å². The van der Waals surface area contributed by atoms with Crippen molar-refractivity contribution in [3.63, 3.8) is 0 Å². The van der Waals surface area contributed by atoms with Gasteiger partial charge < -0.3 is 15.1 Å². The highest BCUT2D eigenvalue weighted by molar-refractivity contribution is 6.28. The van der Waals surface area contributed by atoms with Gasteiger partial charge in [-0.05, 0) is 50.0 Å². The third-order valence-corrected chi connectivity index (χ3v) is 3.87. The Morgan fingerprint density at radius 3 is 2.55 bits per heavy atom. The monoisotopic (exact) mass is 298 g/mol. The molecule has 0 saturated carbocycles. The van der Waals surface area contributed by atoms with Gasteiger partial charge in [0.15, 0.2) is 0 Å². The van der Waals surface area contributed by atoms with Crippen molar-refractivity contribution in [2.24, 2.45) is 5.92 Å². The van der Waals surface area contributed by atoms with Crippen molar-refractivity contribution in [1.82, 2.24) is 19.9 Å². The molecule has 1 N–H and O–H groups in total. The molecule has 1 aliphatic rings. The molecule has 0 aliphatic carbocycles. The van der Waals surface area contributed by atoms with Crippen LogP contribution in [-0.2, 0) is 0 Å². The molecule has 0 amide bonds. The molecule has 1 fully saturated rings. The second-order valence-corrected chi connectivity index (χ2v) is 5.72. The van der Waals surface area contributed by atoms with Crippen LogP contribution in [0.4, 0.5) is 11.9 Å². The van der Waals surface area contributed by atoms with E-state index in [-0.39, 0.29) is 5.28 Å². The van der Waals surface area contributed by atoms with Gasteiger partial charge in [0.05, 0.1) is 0 Å². The SMILES string of the molecule is CCN1CCC(CNc2nc(Cl)nc(N(C)C)n2)CC1. The van der Waals surface area contributed by atoms with E-state index in [0.29, 0.717) is 17.8 Å². The molecular weight excluding hydrogens is 276 g/mol. The zero-order valence-electron chi connectivity index (χ0n) is 12.4. The van der Waals surface area contributed by atoms with Gasteiger partial charge in [-0.3, -0.25) is 0 Å². The highest BCUT2D eigenvalue weighted by atomic mass is 35.5. The summed E-state index contributed by atoms with van der Waals surface area (Å²) >= 11 is 5.92. The number of rotatable bonds is 5. The lowest BCUT2D eigenvalue weighted by atomic mass is 9.97. The zero-order chi connectivity index (χ0) is 14.5. The fourth-order valence-electron chi connectivity index (χ4n) is 2.36. The number of anilines is 2. The molecular formula is C13H23ClN6. The van der Waals surface area contributed by atoms with Gasteiger partial charge >= 0.3 is 0 Å². The lowest BCUT2D eigenvalue weighted by molar-refractivity contribution is 0.198. The van der Waals surface area contributed by atoms with Crippen LogP contribution >= 0.6 is 11.6 Å². The highest BCUT2D eigenvalue weighted by Crippen LogP contribution is 2.18. The van der Waals surface area contributed by atoms with Crippen LogP contribution in [0.25, 0.3) is 0 Å². The summed E-state index contributed by atoms with van der Waals surface area (Å²) in [6.07, 6.45) is 2.44. The van der Waals surface area contributed by atoms with Gasteiger partial charge in [-0.15, -0.1) is 0 Å². The van der Waals surface area contributed by atoms with Crippen molar-refractivity contribution in [1.29, 1.82) is 0 Å². The predicted octanol–water partition coefficient (Wildman–Crippen LogP) is 1.73. The minimum Gasteiger partial charge on any atom is -0.354 e. The van der Waals surface area contributed by atoms with Crippen molar-refractivity contribution in [2.45, 2.75) is 19.8 Å². The molecule has 1 saturated heterocycles. The number of halogens is 1. The quantitative estimate of drug-likeness (QED) is 0.893. The van der Waals surface area contributed by atoms with Crippen molar-refractivity contribution >= 4 is 23.5 Å². The summed E-state index contributed by atoms with van der Waals surface area (Å²) in [7, 11) is 3.77. The molecule has 2 heterocycles. The average Bonchev–Trinajstić information content (AvgIpc) is 2.45. The first-order valence-corrected chi connectivity index (χ1v) is 7.51. The van der Waals surface area contributed by atoms with Crippen molar-refractivity contribution in [3.8, 4) is 0 Å². The Morgan fingerprint density at radius 1 is 1.25 bits per heavy atom. The Hall–Kier alpha value is -1.14. The van der Waals surface area contributed by atoms with Gasteiger partial charge in [0, 0.05) is 20.6 Å². The Morgan fingerprint density at radius 2 is 1.95 bits per heavy atom. The summed E-state index contributed by atoms with van der Waals surface area (Å²) in [6.45, 7) is 6.63. The van der Waals surface area contributed by atoms with Gasteiger partial charge in [-0.2, -0.15) is 15.0 Å². The van der Waals surface area contributed by atoms with Crippen LogP contribution in [0.3, 0.4) is 0 Å². The molecule has 6 nitrogen and oxygen atoms in total. The van der Waals surface area contributed by atoms with E-state index in [1.807, 2.05) is 19.0 Å². The maximum atomic E-state index is 5.92. The smallest absolute Gasteiger partial charge is 0.230 e. The summed E-state index contributed by atoms with van der Waals surface area (Å²) in [6, 6.07) is 0. The normalized spacial score (nSPS) is 17.2. The zero-order valence-corrected chi connectivity index (χ0v) is 13.2. The molecule has 0 radical (unpaired) electrons. The van der Waals surface area contributed by atoms with Gasteiger partial charge in [-0.1, -0.05) is 6.92 Å². The first kappa shape index (κ1) is 15.3. The fourth-order valence-corrected chi connectivity index (χ4v) is 2.52. The van der Waals surface area contributed by atoms with Crippen LogP contribution in [-0.4, -0.2) is 60.1 Å². The third kappa shape index (κ3) is 4.18. The summed E-state index contributed by atoms with van der Waals surface area (Å²) in [5.41, 5.74) is 0. The Kier molecular flexibility index (Phi) is 5.37. The lowest BCUT2D eigenvalue weighted by Gasteiger charge is -2.31. The Bertz CT molecular complexity index is 431. The molecule has 0 spiro atoms. The second-order valence-electron chi connectivity index (χ2n) is 5.38. The Labute approximate surface area is 125 Å². The molecule has 20 heavy (non-hydrogen) atoms. The van der Waals surface area contributed by atoms with Crippen molar-refractivity contribution in [2.75, 3.05) is 50.5 Å². The van der Waals surface area contributed by atoms with E-state index in [1.54, 1.807) is 0 Å². The van der Waals surface area contributed by atoms with Gasteiger partial charge in [0.1, 0.15) is 0 Å². The fraction of sp³-hybridized carbons (Fsp3) is 0.769. The maximum Gasteiger partial charge on any atom is 0.230 e. The number of likely N-dealkylation sites (tertiary alicyclic amines) is 1. The molecule has 112 valence electrons. The molecule has 1 aromatic heterocycles. The number of hydrogen-bond donors (Lipinski definition) is 1. The molecule has 2 rings (SSSR count). The first-order valence-electron chi connectivity index (χ1n) is 7.13. The predicted molar refractivity (Wildman–Crippen MR) is 82.5 cm³/mol. The summed E-state index contributed by atoms with van der Waals surface area (Å²) in [4.78, 5) is 16.8. The molecule has 1 aromatic rings. The van der Waals surface area contributed by atoms with E-state index in [9.17, 15) is 0 Å². The van der Waals surface area contributed by atoms with E-state index in [2.05, 4.69) is 32.1 Å². The topological polar surface area (TPSA) is 57.2 Å². The van der Waals surface area contributed by atoms with Crippen LogP contribution < -0.4 is 10.2 Å². The number of aromatic nitrogens is 3. The van der Waals surface area contributed by atoms with Gasteiger partial charge in [0.2, 0.25) is 17.2 Å². The molecule has 0 bridgehead atoms. The second kappa shape index (κ2) is 7.04. The highest BCUT2D eigenvalue weighted by Gasteiger charge is 2.18. The van der Waals surface area contributed by atoms with Crippen molar-refractivity contribution < 1.29 is 0 Å². The van der Waals surface area contributed by atoms with E-state index in [1.165, 1.54) is 25.9 Å². The van der Waals surface area contributed by atoms with E-state index < -0.39 is 0 Å². The van der Waals surface area contributed by atoms with E-state index in [0.717, 1.165) is 13.1 Å². The van der Waals surface area contributed by atoms with Gasteiger partial charge in [-0.25, -0.2) is 0 Å². The summed E-state index contributed by atoms with van der Waals surface area (Å²) < 4.78 is 0. The van der Waals surface area contributed by atoms with Crippen molar-refractivity contribution in [3.05, 3.63) is 5.28 Å².